The zero-order valence-corrected chi connectivity index (χ0v) is 15.8. The van der Waals surface area contributed by atoms with E-state index < -0.39 is 4.92 Å². The molecule has 9 nitrogen and oxygen atoms in total. The molecule has 1 aromatic carbocycles. The fraction of sp³-hybridized carbons (Fsp3) is 0.111. The Kier molecular flexibility index (Phi) is 4.53. The average Bonchev–Trinajstić information content (AvgIpc) is 3.03. The fourth-order valence-corrected chi connectivity index (χ4v) is 3.62. The minimum atomic E-state index is -0.530. The van der Waals surface area contributed by atoms with E-state index >= 15 is 0 Å². The van der Waals surface area contributed by atoms with E-state index in [2.05, 4.69) is 30.6 Å². The van der Waals surface area contributed by atoms with E-state index in [1.165, 1.54) is 17.7 Å². The molecule has 0 spiro atoms. The average molecular weight is 393 g/mol. The van der Waals surface area contributed by atoms with Gasteiger partial charge in [0.25, 0.3) is 0 Å². The van der Waals surface area contributed by atoms with Crippen LogP contribution in [0, 0.1) is 24.0 Å². The molecule has 0 aliphatic heterocycles. The van der Waals surface area contributed by atoms with Gasteiger partial charge in [-0.3, -0.25) is 10.1 Å². The lowest BCUT2D eigenvalue weighted by atomic mass is 10.2. The van der Waals surface area contributed by atoms with Gasteiger partial charge in [-0.1, -0.05) is 23.5 Å². The molecular formula is C18H15N7O2S. The van der Waals surface area contributed by atoms with Gasteiger partial charge in [0.2, 0.25) is 11.6 Å². The minimum absolute atomic E-state index is 0.0533. The van der Waals surface area contributed by atoms with Gasteiger partial charge >= 0.3 is 5.69 Å². The maximum absolute atomic E-state index is 11.7. The van der Waals surface area contributed by atoms with Gasteiger partial charge in [0, 0.05) is 5.69 Å². The van der Waals surface area contributed by atoms with Crippen LogP contribution in [0.25, 0.3) is 10.2 Å². The van der Waals surface area contributed by atoms with E-state index in [9.17, 15) is 10.1 Å². The highest BCUT2D eigenvalue weighted by molar-refractivity contribution is 7.22. The number of fused-ring (bicyclic) bond motifs is 1. The highest BCUT2D eigenvalue weighted by Crippen LogP contribution is 2.35. The second-order valence-electron chi connectivity index (χ2n) is 6.08. The summed E-state index contributed by atoms with van der Waals surface area (Å²) in [7, 11) is 0. The van der Waals surface area contributed by atoms with Crippen molar-refractivity contribution in [3.63, 3.8) is 0 Å². The van der Waals surface area contributed by atoms with E-state index in [0.29, 0.717) is 10.9 Å². The van der Waals surface area contributed by atoms with Crippen molar-refractivity contribution in [2.75, 3.05) is 10.6 Å². The largest absolute Gasteiger partial charge is 0.354 e. The third-order valence-electron chi connectivity index (χ3n) is 3.91. The number of benzene rings is 1. The lowest BCUT2D eigenvalue weighted by Gasteiger charge is -2.08. The van der Waals surface area contributed by atoms with Crippen molar-refractivity contribution in [1.29, 1.82) is 0 Å². The van der Waals surface area contributed by atoms with Crippen LogP contribution in [0.15, 0.2) is 42.7 Å². The van der Waals surface area contributed by atoms with Crippen LogP contribution < -0.4 is 10.6 Å². The molecule has 0 amide bonds. The van der Waals surface area contributed by atoms with Gasteiger partial charge < -0.3 is 10.6 Å². The second kappa shape index (κ2) is 7.16. The topological polar surface area (TPSA) is 119 Å². The van der Waals surface area contributed by atoms with Crippen LogP contribution in [0.2, 0.25) is 0 Å². The van der Waals surface area contributed by atoms with Crippen molar-refractivity contribution in [1.82, 2.24) is 19.9 Å². The summed E-state index contributed by atoms with van der Waals surface area (Å²) >= 11 is 1.40. The molecule has 28 heavy (non-hydrogen) atoms. The zero-order valence-electron chi connectivity index (χ0n) is 15.0. The van der Waals surface area contributed by atoms with Crippen LogP contribution in [0.4, 0.5) is 28.3 Å². The number of nitrogens with zero attached hydrogens (tertiary/aromatic N) is 5. The molecule has 4 aromatic rings. The summed E-state index contributed by atoms with van der Waals surface area (Å²) in [5.74, 6) is 0.576. The SMILES string of the molecule is Cc1ccc2nc(Nc3ncnc(Nc4cccc(C)n4)c3[N+](=O)[O-])sc2c1. The van der Waals surface area contributed by atoms with E-state index in [-0.39, 0.29) is 17.3 Å². The number of anilines is 4. The first-order valence-corrected chi connectivity index (χ1v) is 9.15. The lowest BCUT2D eigenvalue weighted by molar-refractivity contribution is -0.383. The van der Waals surface area contributed by atoms with E-state index in [1.807, 2.05) is 38.1 Å². The molecule has 0 saturated heterocycles. The number of thiazole rings is 1. The minimum Gasteiger partial charge on any atom is -0.319 e. The first kappa shape index (κ1) is 17.7. The maximum atomic E-state index is 11.7. The van der Waals surface area contributed by atoms with Crippen LogP contribution in [-0.2, 0) is 0 Å². The van der Waals surface area contributed by atoms with Crippen molar-refractivity contribution in [2.45, 2.75) is 13.8 Å². The summed E-state index contributed by atoms with van der Waals surface area (Å²) in [6.45, 7) is 3.83. The van der Waals surface area contributed by atoms with E-state index in [0.717, 1.165) is 21.5 Å². The molecular weight excluding hydrogens is 378 g/mol. The molecule has 0 bridgehead atoms. The van der Waals surface area contributed by atoms with Crippen molar-refractivity contribution in [2.24, 2.45) is 0 Å². The summed E-state index contributed by atoms with van der Waals surface area (Å²) in [4.78, 5) is 28.0. The van der Waals surface area contributed by atoms with Gasteiger partial charge in [0.15, 0.2) is 5.13 Å². The van der Waals surface area contributed by atoms with Crippen LogP contribution in [0.1, 0.15) is 11.3 Å². The normalized spacial score (nSPS) is 10.8. The maximum Gasteiger partial charge on any atom is 0.354 e. The number of hydrogen-bond donors (Lipinski definition) is 2. The first-order valence-electron chi connectivity index (χ1n) is 8.34. The Morgan fingerprint density at radius 1 is 1.04 bits per heavy atom. The molecule has 3 heterocycles. The number of hydrogen-bond acceptors (Lipinski definition) is 9. The van der Waals surface area contributed by atoms with Gasteiger partial charge in [-0.05, 0) is 43.7 Å². The number of aryl methyl sites for hydroxylation is 2. The molecule has 0 fully saturated rings. The highest BCUT2D eigenvalue weighted by atomic mass is 32.1. The number of rotatable bonds is 5. The molecule has 10 heteroatoms. The lowest BCUT2D eigenvalue weighted by Crippen LogP contribution is -2.06. The predicted molar refractivity (Wildman–Crippen MR) is 109 cm³/mol. The Hall–Kier alpha value is -3.66. The van der Waals surface area contributed by atoms with Gasteiger partial charge in [-0.15, -0.1) is 0 Å². The summed E-state index contributed by atoms with van der Waals surface area (Å²) in [5.41, 5.74) is 2.44. The Bertz CT molecular complexity index is 1190. The predicted octanol–water partition coefficient (Wildman–Crippen LogP) is 4.49. The van der Waals surface area contributed by atoms with Crippen LogP contribution in [-0.4, -0.2) is 24.9 Å². The third-order valence-corrected chi connectivity index (χ3v) is 4.84. The van der Waals surface area contributed by atoms with E-state index in [4.69, 9.17) is 0 Å². The summed E-state index contributed by atoms with van der Waals surface area (Å²) in [6, 6.07) is 11.2. The van der Waals surface area contributed by atoms with Crippen molar-refractivity contribution in [3.8, 4) is 0 Å². The van der Waals surface area contributed by atoms with Crippen LogP contribution in [0.3, 0.4) is 0 Å². The fourth-order valence-electron chi connectivity index (χ4n) is 2.66. The van der Waals surface area contributed by atoms with E-state index in [1.54, 1.807) is 12.1 Å². The highest BCUT2D eigenvalue weighted by Gasteiger charge is 2.24. The van der Waals surface area contributed by atoms with Gasteiger partial charge in [0.05, 0.1) is 15.1 Å². The van der Waals surface area contributed by atoms with Crippen LogP contribution >= 0.6 is 11.3 Å². The van der Waals surface area contributed by atoms with Gasteiger partial charge in [-0.2, -0.15) is 0 Å². The Balaban J connectivity index is 1.70. The molecule has 0 unspecified atom stereocenters. The Morgan fingerprint density at radius 3 is 2.57 bits per heavy atom. The standard InChI is InChI=1S/C18H15N7O2S/c1-10-6-7-12-13(8-10)28-18(22-12)24-17-15(25(26)27)16(19-9-20-17)23-14-5-3-4-11(2)21-14/h3-9H,1-2H3,(H2,19,20,21,22,23,24). The Labute approximate surface area is 163 Å². The molecule has 0 atom stereocenters. The van der Waals surface area contributed by atoms with Crippen molar-refractivity contribution < 1.29 is 4.92 Å². The molecule has 0 aliphatic carbocycles. The third kappa shape index (κ3) is 3.58. The molecule has 4 rings (SSSR count). The molecule has 2 N–H and O–H groups in total. The monoisotopic (exact) mass is 393 g/mol. The summed E-state index contributed by atoms with van der Waals surface area (Å²) < 4.78 is 0.988. The van der Waals surface area contributed by atoms with Gasteiger partial charge in [-0.25, -0.2) is 19.9 Å². The number of aromatic nitrogens is 4. The molecule has 3 aromatic heterocycles. The number of nitro groups is 1. The van der Waals surface area contributed by atoms with Gasteiger partial charge in [0.1, 0.15) is 12.1 Å². The smallest absolute Gasteiger partial charge is 0.319 e. The second-order valence-corrected chi connectivity index (χ2v) is 7.11. The Morgan fingerprint density at radius 2 is 1.82 bits per heavy atom. The zero-order chi connectivity index (χ0) is 19.7. The summed E-state index contributed by atoms with van der Waals surface area (Å²) in [6.07, 6.45) is 1.25. The first-order chi connectivity index (χ1) is 13.5. The molecule has 0 aliphatic rings. The molecule has 140 valence electrons. The molecule has 0 radical (unpaired) electrons. The van der Waals surface area contributed by atoms with Crippen molar-refractivity contribution >= 4 is 49.8 Å². The number of pyridine rings is 1. The summed E-state index contributed by atoms with van der Waals surface area (Å²) in [5, 5.41) is 18.1. The molecule has 0 saturated carbocycles. The number of nitrogens with one attached hydrogen (secondary N) is 2. The quantitative estimate of drug-likeness (QED) is 0.376. The van der Waals surface area contributed by atoms with Crippen LogP contribution in [0.5, 0.6) is 0 Å². The van der Waals surface area contributed by atoms with Crippen molar-refractivity contribution in [3.05, 3.63) is 64.1 Å².